The topological polar surface area (TPSA) is 118 Å². The van der Waals surface area contributed by atoms with E-state index in [0.29, 0.717) is 12.8 Å². The van der Waals surface area contributed by atoms with Gasteiger partial charge in [-0.1, -0.05) is 0 Å². The Kier molecular flexibility index (Phi) is 3.80. The van der Waals surface area contributed by atoms with Crippen molar-refractivity contribution in [2.75, 3.05) is 13.1 Å². The molecule has 1 N–H and O–H groups in total. The van der Waals surface area contributed by atoms with Gasteiger partial charge in [0, 0.05) is 24.5 Å². The van der Waals surface area contributed by atoms with Gasteiger partial charge in [0.2, 0.25) is 0 Å². The number of carboxylic acids is 1. The second-order valence-electron chi connectivity index (χ2n) is 5.66. The van der Waals surface area contributed by atoms with Gasteiger partial charge in [0.05, 0.1) is 5.92 Å². The van der Waals surface area contributed by atoms with E-state index in [1.165, 1.54) is 8.82 Å². The summed E-state index contributed by atoms with van der Waals surface area (Å²) in [5.41, 5.74) is 1.47. The van der Waals surface area contributed by atoms with Crippen LogP contribution in [0.1, 0.15) is 24.2 Å². The monoisotopic (exact) mass is 339 g/mol. The van der Waals surface area contributed by atoms with Gasteiger partial charge in [-0.05, 0) is 32.8 Å². The number of carboxylic acid groups (broad SMARTS) is 1. The minimum Gasteiger partial charge on any atom is -0.481 e. The van der Waals surface area contributed by atoms with E-state index in [9.17, 15) is 13.2 Å². The second-order valence-corrected chi connectivity index (χ2v) is 7.49. The van der Waals surface area contributed by atoms with Crippen LogP contribution in [0.3, 0.4) is 0 Å². The molecule has 0 radical (unpaired) electrons. The molecule has 2 aromatic heterocycles. The molecule has 3 heterocycles. The summed E-state index contributed by atoms with van der Waals surface area (Å²) in [6.07, 6.45) is 0.580. The molecule has 1 saturated heterocycles. The molecule has 1 fully saturated rings. The molecule has 0 aromatic carbocycles. The van der Waals surface area contributed by atoms with Crippen molar-refractivity contribution in [3.8, 4) is 0 Å². The van der Waals surface area contributed by atoms with Gasteiger partial charge in [-0.25, -0.2) is 17.9 Å². The first-order valence-electron chi connectivity index (χ1n) is 7.23. The lowest BCUT2D eigenvalue weighted by atomic mass is 9.99. The van der Waals surface area contributed by atoms with Gasteiger partial charge in [0.15, 0.2) is 0 Å². The lowest BCUT2D eigenvalue weighted by Crippen LogP contribution is -2.40. The van der Waals surface area contributed by atoms with Crippen LogP contribution in [-0.2, 0) is 14.8 Å². The van der Waals surface area contributed by atoms with E-state index < -0.39 is 21.9 Å². The van der Waals surface area contributed by atoms with E-state index >= 15 is 0 Å². The zero-order chi connectivity index (χ0) is 16.8. The van der Waals surface area contributed by atoms with Gasteiger partial charge in [-0.2, -0.15) is 9.29 Å². The van der Waals surface area contributed by atoms with E-state index in [-0.39, 0.29) is 24.0 Å². The molecule has 0 aliphatic carbocycles. The fourth-order valence-corrected chi connectivity index (χ4v) is 4.02. The van der Waals surface area contributed by atoms with Crippen molar-refractivity contribution in [1.82, 2.24) is 23.9 Å². The zero-order valence-corrected chi connectivity index (χ0v) is 13.6. The third-order valence-corrected chi connectivity index (χ3v) is 5.65. The molecule has 3 rings (SSSR count). The summed E-state index contributed by atoms with van der Waals surface area (Å²) in [6, 6.07) is 1.79. The number of piperidine rings is 1. The second kappa shape index (κ2) is 5.53. The molecule has 9 nitrogen and oxygen atoms in total. The molecule has 23 heavy (non-hydrogen) atoms. The van der Waals surface area contributed by atoms with Crippen molar-refractivity contribution in [3.63, 3.8) is 0 Å². The quantitative estimate of drug-likeness (QED) is 0.850. The smallest absolute Gasteiger partial charge is 0.306 e. The summed E-state index contributed by atoms with van der Waals surface area (Å²) in [4.78, 5) is 19.2. The van der Waals surface area contributed by atoms with Crippen LogP contribution in [0.25, 0.3) is 5.78 Å². The molecule has 1 aliphatic rings. The summed E-state index contributed by atoms with van der Waals surface area (Å²) in [5.74, 6) is -1.15. The third-order valence-electron chi connectivity index (χ3n) is 3.97. The van der Waals surface area contributed by atoms with Crippen LogP contribution in [0.5, 0.6) is 0 Å². The van der Waals surface area contributed by atoms with E-state index in [0.717, 1.165) is 11.4 Å². The number of aromatic nitrogens is 4. The number of hydrogen-bond donors (Lipinski definition) is 1. The SMILES string of the molecule is Cc1cc(C)n2nc(S(=O)(=O)N3CCC(C(=O)O)CC3)nc2n1. The standard InChI is InChI=1S/C13H17N5O4S/c1-8-7-9(2)18-12(14-8)15-13(16-18)23(21,22)17-5-3-10(4-6-17)11(19)20/h7,10H,3-6H2,1-2H3,(H,19,20). The number of aryl methyl sites for hydroxylation is 2. The van der Waals surface area contributed by atoms with Gasteiger partial charge in [-0.3, -0.25) is 4.79 Å². The number of fused-ring (bicyclic) bond motifs is 1. The zero-order valence-electron chi connectivity index (χ0n) is 12.8. The predicted molar refractivity (Wildman–Crippen MR) is 79.4 cm³/mol. The van der Waals surface area contributed by atoms with E-state index in [4.69, 9.17) is 5.11 Å². The Bertz CT molecular complexity index is 868. The van der Waals surface area contributed by atoms with Gasteiger partial charge in [-0.15, -0.1) is 5.10 Å². The minimum absolute atomic E-state index is 0.153. The molecule has 0 bridgehead atoms. The summed E-state index contributed by atoms with van der Waals surface area (Å²) < 4.78 is 27.9. The highest BCUT2D eigenvalue weighted by Crippen LogP contribution is 2.22. The molecule has 124 valence electrons. The number of rotatable bonds is 3. The summed E-state index contributed by atoms with van der Waals surface area (Å²) in [7, 11) is -3.85. The maximum absolute atomic E-state index is 12.6. The van der Waals surface area contributed by atoms with Crippen LogP contribution < -0.4 is 0 Å². The van der Waals surface area contributed by atoms with Crippen molar-refractivity contribution < 1.29 is 18.3 Å². The molecular formula is C13H17N5O4S. The normalized spacial score (nSPS) is 17.7. The Hall–Kier alpha value is -2.07. The predicted octanol–water partition coefficient (Wildman–Crippen LogP) is 0.226. The molecule has 2 aromatic rings. The fraction of sp³-hybridized carbons (Fsp3) is 0.538. The number of aliphatic carboxylic acids is 1. The fourth-order valence-electron chi connectivity index (χ4n) is 2.72. The highest BCUT2D eigenvalue weighted by atomic mass is 32.2. The highest BCUT2D eigenvalue weighted by molar-refractivity contribution is 7.88. The van der Waals surface area contributed by atoms with Crippen LogP contribution in [0.2, 0.25) is 0 Å². The molecule has 0 spiro atoms. The first kappa shape index (κ1) is 15.8. The molecule has 0 saturated carbocycles. The third kappa shape index (κ3) is 2.79. The average molecular weight is 339 g/mol. The number of nitrogens with zero attached hydrogens (tertiary/aromatic N) is 5. The van der Waals surface area contributed by atoms with Crippen LogP contribution >= 0.6 is 0 Å². The number of hydrogen-bond acceptors (Lipinski definition) is 6. The van der Waals surface area contributed by atoms with Crippen molar-refractivity contribution in [2.24, 2.45) is 5.92 Å². The largest absolute Gasteiger partial charge is 0.481 e. The Morgan fingerprint density at radius 2 is 1.91 bits per heavy atom. The van der Waals surface area contributed by atoms with E-state index in [1.54, 1.807) is 19.9 Å². The van der Waals surface area contributed by atoms with Crippen LogP contribution in [-0.4, -0.2) is 56.5 Å². The molecule has 0 amide bonds. The Balaban J connectivity index is 1.91. The lowest BCUT2D eigenvalue weighted by molar-refractivity contribution is -0.142. The van der Waals surface area contributed by atoms with Gasteiger partial charge >= 0.3 is 5.97 Å². The summed E-state index contributed by atoms with van der Waals surface area (Å²) in [6.45, 7) is 3.90. The maximum atomic E-state index is 12.6. The Morgan fingerprint density at radius 1 is 1.26 bits per heavy atom. The Morgan fingerprint density at radius 3 is 2.52 bits per heavy atom. The molecule has 0 unspecified atom stereocenters. The van der Waals surface area contributed by atoms with Crippen molar-refractivity contribution >= 4 is 21.8 Å². The van der Waals surface area contributed by atoms with E-state index in [1.807, 2.05) is 0 Å². The van der Waals surface area contributed by atoms with E-state index in [2.05, 4.69) is 15.1 Å². The van der Waals surface area contributed by atoms with Gasteiger partial charge < -0.3 is 5.11 Å². The summed E-state index contributed by atoms with van der Waals surface area (Å²) >= 11 is 0. The van der Waals surface area contributed by atoms with Crippen LogP contribution in [0.4, 0.5) is 0 Å². The molecule has 10 heteroatoms. The first-order valence-corrected chi connectivity index (χ1v) is 8.67. The number of sulfonamides is 1. The Labute approximate surface area is 133 Å². The van der Waals surface area contributed by atoms with Gasteiger partial charge in [0.1, 0.15) is 0 Å². The number of carbonyl (C=O) groups is 1. The maximum Gasteiger partial charge on any atom is 0.306 e. The molecule has 1 aliphatic heterocycles. The van der Waals surface area contributed by atoms with Crippen molar-refractivity contribution in [1.29, 1.82) is 0 Å². The highest BCUT2D eigenvalue weighted by Gasteiger charge is 2.34. The van der Waals surface area contributed by atoms with Crippen molar-refractivity contribution in [3.05, 3.63) is 17.5 Å². The van der Waals surface area contributed by atoms with Crippen LogP contribution in [0, 0.1) is 19.8 Å². The van der Waals surface area contributed by atoms with Crippen molar-refractivity contribution in [2.45, 2.75) is 31.8 Å². The lowest BCUT2D eigenvalue weighted by Gasteiger charge is -2.27. The summed E-state index contributed by atoms with van der Waals surface area (Å²) in [5, 5.41) is 12.7. The average Bonchev–Trinajstić information content (AvgIpc) is 2.92. The van der Waals surface area contributed by atoms with Gasteiger partial charge in [0.25, 0.3) is 21.0 Å². The first-order chi connectivity index (χ1) is 10.8. The minimum atomic E-state index is -3.85. The molecule has 0 atom stereocenters. The molecular weight excluding hydrogens is 322 g/mol. The van der Waals surface area contributed by atoms with Crippen LogP contribution in [0.15, 0.2) is 11.2 Å².